The van der Waals surface area contributed by atoms with Gasteiger partial charge in [0.1, 0.15) is 11.5 Å². The van der Waals surface area contributed by atoms with Crippen molar-refractivity contribution in [3.63, 3.8) is 0 Å². The Morgan fingerprint density at radius 2 is 2.06 bits per heavy atom. The molecule has 100 valence electrons. The number of nitrogens with one attached hydrogen (secondary N) is 1. The second-order valence-corrected chi connectivity index (χ2v) is 5.75. The van der Waals surface area contributed by atoms with Gasteiger partial charge in [-0.15, -0.1) is 0 Å². The van der Waals surface area contributed by atoms with Crippen LogP contribution in [0.15, 0.2) is 24.3 Å². The largest absolute Gasteiger partial charge is 0.495 e. The van der Waals surface area contributed by atoms with Gasteiger partial charge in [-0.05, 0) is 12.1 Å². The normalized spacial score (nSPS) is 11.0. The second-order valence-electron chi connectivity index (χ2n) is 3.56. The number of sulfone groups is 1. The Morgan fingerprint density at radius 3 is 2.67 bits per heavy atom. The van der Waals surface area contributed by atoms with Crippen LogP contribution in [0, 0.1) is 0 Å². The molecule has 0 aliphatic heterocycles. The quantitative estimate of drug-likeness (QED) is 0.763. The van der Waals surface area contributed by atoms with Gasteiger partial charge in [-0.1, -0.05) is 12.1 Å². The van der Waals surface area contributed by atoms with E-state index in [2.05, 4.69) is 5.32 Å². The molecule has 0 saturated heterocycles. The van der Waals surface area contributed by atoms with Crippen LogP contribution in [-0.4, -0.2) is 44.7 Å². The highest BCUT2D eigenvalue weighted by Crippen LogP contribution is 2.22. The lowest BCUT2D eigenvalue weighted by atomic mass is 10.3. The van der Waals surface area contributed by atoms with E-state index in [4.69, 9.17) is 9.84 Å². The molecule has 0 heterocycles. The predicted molar refractivity (Wildman–Crippen MR) is 67.4 cm³/mol. The number of amides is 1. The molecule has 0 saturated carbocycles. The number of benzene rings is 1. The summed E-state index contributed by atoms with van der Waals surface area (Å²) in [5.41, 5.74) is 0.407. The van der Waals surface area contributed by atoms with Crippen molar-refractivity contribution in [2.75, 3.05) is 30.5 Å². The average molecular weight is 273 g/mol. The van der Waals surface area contributed by atoms with Gasteiger partial charge in [0.25, 0.3) is 0 Å². The number of ether oxygens (including phenoxy) is 1. The van der Waals surface area contributed by atoms with Crippen LogP contribution in [0.5, 0.6) is 5.75 Å². The molecule has 0 atom stereocenters. The highest BCUT2D eigenvalue weighted by molar-refractivity contribution is 7.92. The number of carbonyl (C=O) groups is 1. The molecule has 7 heteroatoms. The first-order valence-corrected chi connectivity index (χ1v) is 7.05. The van der Waals surface area contributed by atoms with E-state index < -0.39 is 33.9 Å². The Morgan fingerprint density at radius 1 is 1.39 bits per heavy atom. The molecule has 1 rings (SSSR count). The van der Waals surface area contributed by atoms with Gasteiger partial charge < -0.3 is 15.2 Å². The summed E-state index contributed by atoms with van der Waals surface area (Å²) in [4.78, 5) is 11.5. The molecule has 0 unspecified atom stereocenters. The van der Waals surface area contributed by atoms with E-state index in [9.17, 15) is 13.2 Å². The SMILES string of the molecule is COc1ccccc1NC(=O)CS(=O)(=O)CCO. The van der Waals surface area contributed by atoms with E-state index in [-0.39, 0.29) is 0 Å². The van der Waals surface area contributed by atoms with Gasteiger partial charge in [-0.25, -0.2) is 8.42 Å². The molecular weight excluding hydrogens is 258 g/mol. The summed E-state index contributed by atoms with van der Waals surface area (Å²) in [5.74, 6) is -1.30. The smallest absolute Gasteiger partial charge is 0.239 e. The van der Waals surface area contributed by atoms with Crippen molar-refractivity contribution < 1.29 is 23.1 Å². The molecule has 2 N–H and O–H groups in total. The van der Waals surface area contributed by atoms with E-state index in [1.807, 2.05) is 0 Å². The van der Waals surface area contributed by atoms with Crippen molar-refractivity contribution in [2.45, 2.75) is 0 Å². The summed E-state index contributed by atoms with van der Waals surface area (Å²) >= 11 is 0. The van der Waals surface area contributed by atoms with E-state index in [1.165, 1.54) is 7.11 Å². The highest BCUT2D eigenvalue weighted by atomic mass is 32.2. The van der Waals surface area contributed by atoms with Crippen molar-refractivity contribution in [3.8, 4) is 5.75 Å². The molecule has 0 spiro atoms. The van der Waals surface area contributed by atoms with Crippen molar-refractivity contribution in [1.29, 1.82) is 0 Å². The topological polar surface area (TPSA) is 92.7 Å². The van der Waals surface area contributed by atoms with Crippen LogP contribution in [0.3, 0.4) is 0 Å². The van der Waals surface area contributed by atoms with Crippen LogP contribution in [0.1, 0.15) is 0 Å². The maximum atomic E-state index is 11.5. The van der Waals surface area contributed by atoms with Crippen molar-refractivity contribution >= 4 is 21.4 Å². The van der Waals surface area contributed by atoms with Crippen LogP contribution in [-0.2, 0) is 14.6 Å². The molecule has 1 aromatic carbocycles. The summed E-state index contributed by atoms with van der Waals surface area (Å²) in [6.45, 7) is -0.496. The molecular formula is C11H15NO5S. The van der Waals surface area contributed by atoms with E-state index in [0.717, 1.165) is 0 Å². The first-order chi connectivity index (χ1) is 8.48. The van der Waals surface area contributed by atoms with Crippen LogP contribution in [0.2, 0.25) is 0 Å². The second kappa shape index (κ2) is 6.36. The number of hydrogen-bond acceptors (Lipinski definition) is 5. The summed E-state index contributed by atoms with van der Waals surface area (Å²) < 4.78 is 27.7. The van der Waals surface area contributed by atoms with Gasteiger partial charge in [0, 0.05) is 0 Å². The predicted octanol–water partition coefficient (Wildman–Crippen LogP) is 0.0408. The lowest BCUT2D eigenvalue weighted by molar-refractivity contribution is -0.113. The fourth-order valence-corrected chi connectivity index (χ4v) is 2.24. The fourth-order valence-electron chi connectivity index (χ4n) is 1.35. The molecule has 1 amide bonds. The van der Waals surface area contributed by atoms with E-state index in [1.54, 1.807) is 24.3 Å². The average Bonchev–Trinajstić information content (AvgIpc) is 2.28. The molecule has 6 nitrogen and oxygen atoms in total. The number of rotatable bonds is 6. The number of carbonyl (C=O) groups excluding carboxylic acids is 1. The van der Waals surface area contributed by atoms with E-state index in [0.29, 0.717) is 11.4 Å². The van der Waals surface area contributed by atoms with Gasteiger partial charge in [0.15, 0.2) is 9.84 Å². The molecule has 0 aliphatic carbocycles. The van der Waals surface area contributed by atoms with Gasteiger partial charge in [-0.2, -0.15) is 0 Å². The zero-order chi connectivity index (χ0) is 13.6. The summed E-state index contributed by atoms with van der Waals surface area (Å²) in [5, 5.41) is 11.0. The molecule has 1 aromatic rings. The first kappa shape index (κ1) is 14.5. The van der Waals surface area contributed by atoms with Crippen LogP contribution in [0.4, 0.5) is 5.69 Å². The van der Waals surface area contributed by atoms with Gasteiger partial charge in [0.2, 0.25) is 5.91 Å². The van der Waals surface area contributed by atoms with Crippen LogP contribution < -0.4 is 10.1 Å². The first-order valence-electron chi connectivity index (χ1n) is 5.22. The van der Waals surface area contributed by atoms with E-state index >= 15 is 0 Å². The van der Waals surface area contributed by atoms with Crippen molar-refractivity contribution in [1.82, 2.24) is 0 Å². The molecule has 0 bridgehead atoms. The van der Waals surface area contributed by atoms with Crippen LogP contribution in [0.25, 0.3) is 0 Å². The fraction of sp³-hybridized carbons (Fsp3) is 0.364. The number of aliphatic hydroxyl groups is 1. The monoisotopic (exact) mass is 273 g/mol. The summed E-state index contributed by atoms with van der Waals surface area (Å²) in [6.07, 6.45) is 0. The maximum absolute atomic E-state index is 11.5. The highest BCUT2D eigenvalue weighted by Gasteiger charge is 2.17. The third-order valence-corrected chi connectivity index (χ3v) is 3.64. The van der Waals surface area contributed by atoms with Gasteiger partial charge >= 0.3 is 0 Å². The number of para-hydroxylation sites is 2. The van der Waals surface area contributed by atoms with Gasteiger partial charge in [0.05, 0.1) is 25.2 Å². The van der Waals surface area contributed by atoms with Gasteiger partial charge in [-0.3, -0.25) is 4.79 Å². The summed E-state index contributed by atoms with van der Waals surface area (Å²) in [7, 11) is -2.12. The molecule has 18 heavy (non-hydrogen) atoms. The number of anilines is 1. The zero-order valence-corrected chi connectivity index (χ0v) is 10.7. The number of methoxy groups -OCH3 is 1. The zero-order valence-electron chi connectivity index (χ0n) is 9.92. The number of aliphatic hydroxyl groups excluding tert-OH is 1. The minimum Gasteiger partial charge on any atom is -0.495 e. The lowest BCUT2D eigenvalue weighted by Gasteiger charge is -2.09. The Kier molecular flexibility index (Phi) is 5.11. The lowest BCUT2D eigenvalue weighted by Crippen LogP contribution is -2.25. The molecule has 0 aromatic heterocycles. The van der Waals surface area contributed by atoms with Crippen LogP contribution >= 0.6 is 0 Å². The maximum Gasteiger partial charge on any atom is 0.239 e. The number of hydrogen-bond donors (Lipinski definition) is 2. The standard InChI is InChI=1S/C11H15NO5S/c1-17-10-5-3-2-4-9(10)12-11(14)8-18(15,16)7-6-13/h2-5,13H,6-8H2,1H3,(H,12,14). The molecule has 0 radical (unpaired) electrons. The Bertz CT molecular complexity index is 512. The van der Waals surface area contributed by atoms with Crippen molar-refractivity contribution in [3.05, 3.63) is 24.3 Å². The third kappa shape index (κ3) is 4.34. The molecule has 0 fully saturated rings. The Labute approximate surface area is 106 Å². The third-order valence-electron chi connectivity index (χ3n) is 2.13. The minimum atomic E-state index is -3.57. The Balaban J connectivity index is 2.71. The minimum absolute atomic E-state index is 0.407. The summed E-state index contributed by atoms with van der Waals surface area (Å²) in [6, 6.07) is 6.69. The van der Waals surface area contributed by atoms with Crippen molar-refractivity contribution in [2.24, 2.45) is 0 Å². The Hall–Kier alpha value is -1.60. The molecule has 0 aliphatic rings.